The Bertz CT molecular complexity index is 335. The van der Waals surface area contributed by atoms with Gasteiger partial charge in [-0.1, -0.05) is 17.4 Å². The standard InChI is InChI=1S/C9H12N4O2/c10-7-13(12-11)8-3-1-2-4-9(8)15-6-5-14/h1-4,7,10-11,14H,5-6H2. The van der Waals surface area contributed by atoms with E-state index in [9.17, 15) is 0 Å². The van der Waals surface area contributed by atoms with Gasteiger partial charge >= 0.3 is 0 Å². The minimum atomic E-state index is -0.0864. The predicted octanol–water partition coefficient (Wildman–Crippen LogP) is 1.42. The molecule has 0 aromatic heterocycles. The molecule has 0 aliphatic carbocycles. The SMILES string of the molecule is N=CN(N=N)c1ccccc1OCCO. The molecule has 0 spiro atoms. The van der Waals surface area contributed by atoms with Crippen LogP contribution in [0.15, 0.2) is 29.5 Å². The maximum Gasteiger partial charge on any atom is 0.145 e. The molecular weight excluding hydrogens is 196 g/mol. The van der Waals surface area contributed by atoms with Gasteiger partial charge in [0.1, 0.15) is 24.4 Å². The van der Waals surface area contributed by atoms with E-state index >= 15 is 0 Å². The highest BCUT2D eigenvalue weighted by molar-refractivity contribution is 5.79. The highest BCUT2D eigenvalue weighted by atomic mass is 16.5. The van der Waals surface area contributed by atoms with Gasteiger partial charge in [0.05, 0.1) is 6.61 Å². The molecule has 0 saturated carbocycles. The Morgan fingerprint density at radius 2 is 2.20 bits per heavy atom. The minimum absolute atomic E-state index is 0.0864. The molecule has 1 rings (SSSR count). The van der Waals surface area contributed by atoms with Gasteiger partial charge < -0.3 is 9.84 Å². The van der Waals surface area contributed by atoms with E-state index in [0.29, 0.717) is 11.4 Å². The lowest BCUT2D eigenvalue weighted by molar-refractivity contribution is 0.202. The first-order valence-electron chi connectivity index (χ1n) is 4.33. The van der Waals surface area contributed by atoms with Crippen molar-refractivity contribution in [1.82, 2.24) is 0 Å². The van der Waals surface area contributed by atoms with Crippen LogP contribution in [-0.4, -0.2) is 24.7 Å². The van der Waals surface area contributed by atoms with E-state index in [1.54, 1.807) is 24.3 Å². The van der Waals surface area contributed by atoms with Gasteiger partial charge in [0.25, 0.3) is 0 Å². The van der Waals surface area contributed by atoms with Crippen molar-refractivity contribution in [2.45, 2.75) is 0 Å². The molecule has 1 aromatic rings. The summed E-state index contributed by atoms with van der Waals surface area (Å²) >= 11 is 0. The molecule has 6 heteroatoms. The summed E-state index contributed by atoms with van der Waals surface area (Å²) in [5.41, 5.74) is 7.36. The highest BCUT2D eigenvalue weighted by Crippen LogP contribution is 2.27. The van der Waals surface area contributed by atoms with Crippen LogP contribution in [-0.2, 0) is 0 Å². The summed E-state index contributed by atoms with van der Waals surface area (Å²) in [7, 11) is 0. The molecule has 0 radical (unpaired) electrons. The fourth-order valence-corrected chi connectivity index (χ4v) is 1.08. The number of para-hydroxylation sites is 2. The Morgan fingerprint density at radius 1 is 1.47 bits per heavy atom. The molecule has 0 aliphatic rings. The molecular formula is C9H12N4O2. The molecule has 1 aromatic carbocycles. The Hall–Kier alpha value is -1.95. The second-order valence-corrected chi connectivity index (χ2v) is 2.61. The fourth-order valence-electron chi connectivity index (χ4n) is 1.08. The smallest absolute Gasteiger partial charge is 0.145 e. The van der Waals surface area contributed by atoms with Crippen LogP contribution < -0.4 is 9.75 Å². The number of hydrogen-bond acceptors (Lipinski definition) is 5. The van der Waals surface area contributed by atoms with E-state index in [0.717, 1.165) is 11.3 Å². The number of aliphatic hydroxyl groups is 1. The van der Waals surface area contributed by atoms with Crippen molar-refractivity contribution in [2.75, 3.05) is 18.2 Å². The first-order chi connectivity index (χ1) is 7.33. The maximum absolute atomic E-state index is 8.63. The van der Waals surface area contributed by atoms with Crippen LogP contribution >= 0.6 is 0 Å². The van der Waals surface area contributed by atoms with Crippen molar-refractivity contribution >= 4 is 12.0 Å². The first kappa shape index (κ1) is 11.1. The number of nitrogens with zero attached hydrogens (tertiary/aromatic N) is 2. The zero-order valence-corrected chi connectivity index (χ0v) is 8.05. The van der Waals surface area contributed by atoms with Crippen LogP contribution in [0.4, 0.5) is 5.69 Å². The molecule has 3 N–H and O–H groups in total. The lowest BCUT2D eigenvalue weighted by Gasteiger charge is -2.15. The summed E-state index contributed by atoms with van der Waals surface area (Å²) in [6.45, 7) is 0.0811. The largest absolute Gasteiger partial charge is 0.489 e. The molecule has 0 amide bonds. The zero-order chi connectivity index (χ0) is 11.1. The van der Waals surface area contributed by atoms with Gasteiger partial charge in [-0.2, -0.15) is 5.53 Å². The van der Waals surface area contributed by atoms with E-state index in [1.807, 2.05) is 0 Å². The number of rotatable bonds is 6. The van der Waals surface area contributed by atoms with E-state index in [2.05, 4.69) is 5.22 Å². The van der Waals surface area contributed by atoms with Gasteiger partial charge in [-0.25, -0.2) is 5.01 Å². The van der Waals surface area contributed by atoms with Crippen LogP contribution in [0.2, 0.25) is 0 Å². The Labute approximate surface area is 87.1 Å². The van der Waals surface area contributed by atoms with Crippen molar-refractivity contribution in [3.8, 4) is 5.75 Å². The number of anilines is 1. The Kier molecular flexibility index (Phi) is 4.24. The summed E-state index contributed by atoms with van der Waals surface area (Å²) in [4.78, 5) is 0. The summed E-state index contributed by atoms with van der Waals surface area (Å²) in [6.07, 6.45) is 0.911. The third-order valence-electron chi connectivity index (χ3n) is 1.69. The molecule has 0 heterocycles. The molecule has 80 valence electrons. The average molecular weight is 208 g/mol. The topological polar surface area (TPSA) is 92.8 Å². The molecule has 0 fully saturated rings. The van der Waals surface area contributed by atoms with Crippen LogP contribution in [0, 0.1) is 10.9 Å². The fraction of sp³-hybridized carbons (Fsp3) is 0.222. The quantitative estimate of drug-likeness (QED) is 0.285. The molecule has 0 aliphatic heterocycles. The van der Waals surface area contributed by atoms with Crippen molar-refractivity contribution in [3.63, 3.8) is 0 Å². The zero-order valence-electron chi connectivity index (χ0n) is 8.05. The van der Waals surface area contributed by atoms with Crippen molar-refractivity contribution in [3.05, 3.63) is 24.3 Å². The van der Waals surface area contributed by atoms with E-state index in [1.165, 1.54) is 0 Å². The highest BCUT2D eigenvalue weighted by Gasteiger charge is 2.08. The first-order valence-corrected chi connectivity index (χ1v) is 4.33. The summed E-state index contributed by atoms with van der Waals surface area (Å²) < 4.78 is 5.23. The van der Waals surface area contributed by atoms with Crippen LogP contribution in [0.25, 0.3) is 0 Å². The minimum Gasteiger partial charge on any atom is -0.489 e. The second kappa shape index (κ2) is 5.71. The van der Waals surface area contributed by atoms with Gasteiger partial charge in [-0.05, 0) is 12.1 Å². The summed E-state index contributed by atoms with van der Waals surface area (Å²) in [6, 6.07) is 6.88. The van der Waals surface area contributed by atoms with Gasteiger partial charge in [0, 0.05) is 0 Å². The molecule has 0 saturated heterocycles. The van der Waals surface area contributed by atoms with Crippen LogP contribution in [0.5, 0.6) is 5.75 Å². The Balaban J connectivity index is 2.93. The van der Waals surface area contributed by atoms with Crippen LogP contribution in [0.1, 0.15) is 0 Å². The van der Waals surface area contributed by atoms with E-state index in [4.69, 9.17) is 20.8 Å². The average Bonchev–Trinajstić information content (AvgIpc) is 2.29. The third kappa shape index (κ3) is 2.75. The number of benzene rings is 1. The number of aliphatic hydroxyl groups excluding tert-OH is 1. The summed E-state index contributed by atoms with van der Waals surface area (Å²) in [5.74, 6) is 0.478. The van der Waals surface area contributed by atoms with Gasteiger partial charge in [-0.15, -0.1) is 0 Å². The van der Waals surface area contributed by atoms with Crippen molar-refractivity contribution < 1.29 is 9.84 Å². The van der Waals surface area contributed by atoms with Crippen LogP contribution in [0.3, 0.4) is 0 Å². The van der Waals surface area contributed by atoms with Crippen molar-refractivity contribution in [2.24, 2.45) is 5.22 Å². The summed E-state index contributed by atoms with van der Waals surface area (Å²) in [5, 5.41) is 19.9. The van der Waals surface area contributed by atoms with E-state index < -0.39 is 0 Å². The molecule has 0 bridgehead atoms. The van der Waals surface area contributed by atoms with E-state index in [-0.39, 0.29) is 13.2 Å². The monoisotopic (exact) mass is 208 g/mol. The second-order valence-electron chi connectivity index (χ2n) is 2.61. The van der Waals surface area contributed by atoms with Gasteiger partial charge in [-0.3, -0.25) is 5.41 Å². The molecule has 15 heavy (non-hydrogen) atoms. The maximum atomic E-state index is 8.63. The number of ether oxygens (including phenoxy) is 1. The van der Waals surface area contributed by atoms with Crippen molar-refractivity contribution in [1.29, 1.82) is 10.9 Å². The van der Waals surface area contributed by atoms with Gasteiger partial charge in [0.15, 0.2) is 0 Å². The number of hydrogen-bond donors (Lipinski definition) is 3. The number of nitrogens with one attached hydrogen (secondary N) is 2. The predicted molar refractivity (Wildman–Crippen MR) is 55.4 cm³/mol. The van der Waals surface area contributed by atoms with Gasteiger partial charge in [0.2, 0.25) is 0 Å². The Morgan fingerprint density at radius 3 is 2.80 bits per heavy atom. The lowest BCUT2D eigenvalue weighted by Crippen LogP contribution is -2.13. The normalized spacial score (nSPS) is 9.40. The third-order valence-corrected chi connectivity index (χ3v) is 1.69. The molecule has 6 nitrogen and oxygen atoms in total. The molecule has 0 atom stereocenters. The molecule has 0 unspecified atom stereocenters. The lowest BCUT2D eigenvalue weighted by atomic mass is 10.3.